The third-order valence-electron chi connectivity index (χ3n) is 5.36. The highest BCUT2D eigenvalue weighted by Crippen LogP contribution is 2.41. The molecule has 1 saturated carbocycles. The largest absolute Gasteiger partial charge is 0.444 e. The van der Waals surface area contributed by atoms with Gasteiger partial charge >= 0.3 is 6.03 Å². The van der Waals surface area contributed by atoms with E-state index in [1.165, 1.54) is 12.8 Å². The number of nitrogens with zero attached hydrogens (tertiary/aromatic N) is 2. The van der Waals surface area contributed by atoms with E-state index in [-0.39, 0.29) is 12.1 Å². The van der Waals surface area contributed by atoms with E-state index in [2.05, 4.69) is 24.1 Å². The van der Waals surface area contributed by atoms with Gasteiger partial charge in [-0.15, -0.1) is 0 Å². The van der Waals surface area contributed by atoms with Crippen LogP contribution in [0.15, 0.2) is 28.9 Å². The summed E-state index contributed by atoms with van der Waals surface area (Å²) in [5.41, 5.74) is 2.39. The van der Waals surface area contributed by atoms with Crippen LogP contribution in [0.3, 0.4) is 0 Å². The number of benzene rings is 1. The number of hydrogen-bond acceptors (Lipinski definition) is 3. The average Bonchev–Trinajstić information content (AvgIpc) is 3.34. The standard InChI is InChI=1S/C20H24ClN3O2/c1-12-7-8-24(13(2)9-12)20(25)22-15-5-6-17(21)16(10-15)19-23-18(11-26-19)14-3-4-14/h5-6,10-14H,3-4,7-9H2,1-2H3,(H,22,25)/t12-,13-/m1/s1. The molecule has 138 valence electrons. The summed E-state index contributed by atoms with van der Waals surface area (Å²) in [6, 6.07) is 5.60. The average molecular weight is 374 g/mol. The smallest absolute Gasteiger partial charge is 0.322 e. The molecule has 1 aromatic heterocycles. The fraction of sp³-hybridized carbons (Fsp3) is 0.500. The van der Waals surface area contributed by atoms with Crippen molar-refractivity contribution in [1.29, 1.82) is 0 Å². The first kappa shape index (κ1) is 17.4. The SMILES string of the molecule is C[C@@H]1CCN(C(=O)Nc2ccc(Cl)c(-c3nc(C4CC4)co3)c2)[C@H](C)C1. The summed E-state index contributed by atoms with van der Waals surface area (Å²) >= 11 is 6.34. The van der Waals surface area contributed by atoms with E-state index in [1.807, 2.05) is 17.0 Å². The Morgan fingerprint density at radius 2 is 2.12 bits per heavy atom. The van der Waals surface area contributed by atoms with Crippen LogP contribution < -0.4 is 5.32 Å². The molecule has 1 N–H and O–H groups in total. The molecule has 1 aliphatic carbocycles. The number of carbonyl (C=O) groups is 1. The second kappa shape index (κ2) is 6.95. The van der Waals surface area contributed by atoms with Gasteiger partial charge in [0.1, 0.15) is 6.26 Å². The quantitative estimate of drug-likeness (QED) is 0.770. The molecule has 4 rings (SSSR count). The Morgan fingerprint density at radius 3 is 2.85 bits per heavy atom. The molecule has 0 spiro atoms. The molecule has 0 unspecified atom stereocenters. The van der Waals surface area contributed by atoms with Crippen LogP contribution in [-0.2, 0) is 0 Å². The minimum absolute atomic E-state index is 0.0660. The maximum Gasteiger partial charge on any atom is 0.322 e. The molecule has 1 aliphatic heterocycles. The molecule has 2 aliphatic rings. The van der Waals surface area contributed by atoms with Crippen LogP contribution in [0.2, 0.25) is 5.02 Å². The fourth-order valence-corrected chi connectivity index (χ4v) is 3.85. The molecule has 2 aromatic rings. The summed E-state index contributed by atoms with van der Waals surface area (Å²) in [4.78, 5) is 19.1. The van der Waals surface area contributed by atoms with E-state index < -0.39 is 0 Å². The first-order chi connectivity index (χ1) is 12.5. The number of amides is 2. The minimum atomic E-state index is -0.0660. The number of hydrogen-bond donors (Lipinski definition) is 1. The van der Waals surface area contributed by atoms with Crippen molar-refractivity contribution in [2.75, 3.05) is 11.9 Å². The van der Waals surface area contributed by atoms with Gasteiger partial charge in [-0.3, -0.25) is 0 Å². The second-order valence-corrected chi connectivity index (χ2v) is 8.06. The maximum atomic E-state index is 12.7. The molecular formula is C20H24ClN3O2. The lowest BCUT2D eigenvalue weighted by Crippen LogP contribution is -2.46. The van der Waals surface area contributed by atoms with Crippen molar-refractivity contribution < 1.29 is 9.21 Å². The molecule has 1 saturated heterocycles. The molecule has 6 heteroatoms. The number of piperidine rings is 1. The van der Waals surface area contributed by atoms with Crippen LogP contribution in [0.4, 0.5) is 10.5 Å². The number of urea groups is 1. The Kier molecular flexibility index (Phi) is 4.65. The zero-order valence-electron chi connectivity index (χ0n) is 15.2. The zero-order chi connectivity index (χ0) is 18.3. The molecular weight excluding hydrogens is 350 g/mol. The van der Waals surface area contributed by atoms with Crippen molar-refractivity contribution in [3.8, 4) is 11.5 Å². The van der Waals surface area contributed by atoms with Gasteiger partial charge in [-0.25, -0.2) is 9.78 Å². The van der Waals surface area contributed by atoms with Gasteiger partial charge in [0.05, 0.1) is 16.3 Å². The van der Waals surface area contributed by atoms with Crippen molar-refractivity contribution in [3.63, 3.8) is 0 Å². The Morgan fingerprint density at radius 1 is 1.31 bits per heavy atom. The van der Waals surface area contributed by atoms with Crippen LogP contribution in [0.5, 0.6) is 0 Å². The van der Waals surface area contributed by atoms with Gasteiger partial charge in [0.25, 0.3) is 0 Å². The Hall–Kier alpha value is -2.01. The van der Waals surface area contributed by atoms with Crippen molar-refractivity contribution >= 4 is 23.3 Å². The van der Waals surface area contributed by atoms with Crippen LogP contribution in [0.25, 0.3) is 11.5 Å². The lowest BCUT2D eigenvalue weighted by molar-refractivity contribution is 0.150. The van der Waals surface area contributed by atoms with Gasteiger partial charge in [0, 0.05) is 24.2 Å². The molecule has 26 heavy (non-hydrogen) atoms. The maximum absolute atomic E-state index is 12.7. The first-order valence-electron chi connectivity index (χ1n) is 9.34. The van der Waals surface area contributed by atoms with Crippen LogP contribution in [-0.4, -0.2) is 28.5 Å². The Balaban J connectivity index is 1.51. The summed E-state index contributed by atoms with van der Waals surface area (Å²) in [5.74, 6) is 1.70. The van der Waals surface area contributed by atoms with E-state index in [0.717, 1.165) is 25.1 Å². The lowest BCUT2D eigenvalue weighted by Gasteiger charge is -2.36. The minimum Gasteiger partial charge on any atom is -0.444 e. The van der Waals surface area contributed by atoms with Gasteiger partial charge in [-0.1, -0.05) is 18.5 Å². The van der Waals surface area contributed by atoms with Crippen LogP contribution in [0, 0.1) is 5.92 Å². The highest BCUT2D eigenvalue weighted by atomic mass is 35.5. The van der Waals surface area contributed by atoms with Crippen molar-refractivity contribution in [1.82, 2.24) is 9.88 Å². The van der Waals surface area contributed by atoms with Gasteiger partial charge in [-0.2, -0.15) is 0 Å². The summed E-state index contributed by atoms with van der Waals surface area (Å²) in [5, 5.41) is 3.56. The van der Waals surface area contributed by atoms with Crippen molar-refractivity contribution in [3.05, 3.63) is 35.2 Å². The number of halogens is 1. The molecule has 0 radical (unpaired) electrons. The Bertz CT molecular complexity index is 815. The summed E-state index contributed by atoms with van der Waals surface area (Å²) in [7, 11) is 0. The summed E-state index contributed by atoms with van der Waals surface area (Å²) in [6.07, 6.45) is 6.14. The second-order valence-electron chi connectivity index (χ2n) is 7.65. The molecule has 2 amide bonds. The third-order valence-corrected chi connectivity index (χ3v) is 5.69. The molecule has 2 fully saturated rings. The molecule has 1 aromatic carbocycles. The number of anilines is 1. The van der Waals surface area contributed by atoms with Crippen LogP contribution in [0.1, 0.15) is 51.1 Å². The predicted octanol–water partition coefficient (Wildman–Crippen LogP) is 5.52. The number of likely N-dealkylation sites (tertiary alicyclic amines) is 1. The molecule has 2 heterocycles. The van der Waals surface area contributed by atoms with E-state index in [0.29, 0.717) is 34.0 Å². The third kappa shape index (κ3) is 3.58. The summed E-state index contributed by atoms with van der Waals surface area (Å²) < 4.78 is 5.62. The normalized spacial score (nSPS) is 23.1. The fourth-order valence-electron chi connectivity index (χ4n) is 3.65. The zero-order valence-corrected chi connectivity index (χ0v) is 15.9. The van der Waals surface area contributed by atoms with E-state index in [1.54, 1.807) is 12.3 Å². The Labute approximate surface area is 158 Å². The van der Waals surface area contributed by atoms with E-state index >= 15 is 0 Å². The van der Waals surface area contributed by atoms with Crippen molar-refractivity contribution in [2.45, 2.75) is 51.5 Å². The lowest BCUT2D eigenvalue weighted by atomic mass is 9.94. The number of aromatic nitrogens is 1. The number of rotatable bonds is 3. The molecule has 5 nitrogen and oxygen atoms in total. The van der Waals surface area contributed by atoms with E-state index in [9.17, 15) is 4.79 Å². The van der Waals surface area contributed by atoms with Crippen molar-refractivity contribution in [2.24, 2.45) is 5.92 Å². The monoisotopic (exact) mass is 373 g/mol. The number of oxazole rings is 1. The summed E-state index contributed by atoms with van der Waals surface area (Å²) in [6.45, 7) is 5.14. The first-order valence-corrected chi connectivity index (χ1v) is 9.72. The highest BCUT2D eigenvalue weighted by Gasteiger charge is 2.28. The van der Waals surface area contributed by atoms with Gasteiger partial charge in [-0.05, 0) is 56.7 Å². The molecule has 2 atom stereocenters. The predicted molar refractivity (Wildman–Crippen MR) is 103 cm³/mol. The topological polar surface area (TPSA) is 58.4 Å². The van der Waals surface area contributed by atoms with E-state index in [4.69, 9.17) is 16.0 Å². The van der Waals surface area contributed by atoms with Crippen LogP contribution >= 0.6 is 11.6 Å². The number of carbonyl (C=O) groups excluding carboxylic acids is 1. The molecule has 0 bridgehead atoms. The highest BCUT2D eigenvalue weighted by molar-refractivity contribution is 6.33. The number of nitrogens with one attached hydrogen (secondary N) is 1. The van der Waals surface area contributed by atoms with Gasteiger partial charge in [0.2, 0.25) is 5.89 Å². The van der Waals surface area contributed by atoms with Gasteiger partial charge in [0.15, 0.2) is 0 Å². The van der Waals surface area contributed by atoms with Gasteiger partial charge < -0.3 is 14.6 Å².